The summed E-state index contributed by atoms with van der Waals surface area (Å²) in [6, 6.07) is 10.2. The number of carbonyl (C=O) groups excluding carboxylic acids is 2. The smallest absolute Gasteiger partial charge is 0.257 e. The normalized spacial score (nSPS) is 19.8. The van der Waals surface area contributed by atoms with Crippen LogP contribution in [0.2, 0.25) is 0 Å². The maximum absolute atomic E-state index is 13.4. The Morgan fingerprint density at radius 2 is 2.14 bits per heavy atom. The molecule has 4 N–H and O–H groups in total. The number of rotatable bonds is 4. The minimum Gasteiger partial charge on any atom is -0.371 e. The quantitative estimate of drug-likeness (QED) is 0.695. The SMILES string of the molecule is Cc1cc(NC=C2C(=O)Nc3cc(F)ccc32)ccc1N1CCCC(C(N)=O)C1. The first-order valence-corrected chi connectivity index (χ1v) is 9.65. The molecule has 2 amide bonds. The molecule has 2 heterocycles. The fourth-order valence-electron chi connectivity index (χ4n) is 3.99. The van der Waals surface area contributed by atoms with E-state index in [-0.39, 0.29) is 23.5 Å². The summed E-state index contributed by atoms with van der Waals surface area (Å²) in [5, 5.41) is 5.83. The molecule has 29 heavy (non-hydrogen) atoms. The summed E-state index contributed by atoms with van der Waals surface area (Å²) in [5.74, 6) is -1.01. The summed E-state index contributed by atoms with van der Waals surface area (Å²) >= 11 is 0. The minimum absolute atomic E-state index is 0.114. The number of nitrogens with zero attached hydrogens (tertiary/aromatic N) is 1. The third-order valence-electron chi connectivity index (χ3n) is 5.51. The fraction of sp³-hybridized carbons (Fsp3) is 0.273. The number of primary amides is 1. The van der Waals surface area contributed by atoms with E-state index in [1.165, 1.54) is 12.1 Å². The van der Waals surface area contributed by atoms with Gasteiger partial charge in [0.2, 0.25) is 5.91 Å². The van der Waals surface area contributed by atoms with Gasteiger partial charge in [0.05, 0.1) is 17.2 Å². The molecule has 0 saturated carbocycles. The number of halogens is 1. The number of nitrogens with two attached hydrogens (primary N) is 1. The Bertz CT molecular complexity index is 1020. The van der Waals surface area contributed by atoms with Crippen LogP contribution in [0, 0.1) is 18.7 Å². The zero-order chi connectivity index (χ0) is 20.5. The van der Waals surface area contributed by atoms with Gasteiger partial charge >= 0.3 is 0 Å². The lowest BCUT2D eigenvalue weighted by molar-refractivity contribution is -0.122. The Kier molecular flexibility index (Phi) is 4.96. The molecule has 4 rings (SSSR count). The van der Waals surface area contributed by atoms with E-state index in [4.69, 9.17) is 5.73 Å². The number of benzene rings is 2. The zero-order valence-corrected chi connectivity index (χ0v) is 16.2. The van der Waals surface area contributed by atoms with E-state index in [0.717, 1.165) is 36.3 Å². The van der Waals surface area contributed by atoms with Gasteiger partial charge in [-0.3, -0.25) is 9.59 Å². The average Bonchev–Trinajstić information content (AvgIpc) is 3.00. The highest BCUT2D eigenvalue weighted by Gasteiger charge is 2.26. The lowest BCUT2D eigenvalue weighted by Gasteiger charge is -2.34. The molecule has 2 aromatic carbocycles. The second-order valence-corrected chi connectivity index (χ2v) is 7.54. The van der Waals surface area contributed by atoms with Crippen molar-refractivity contribution >= 4 is 34.4 Å². The van der Waals surface area contributed by atoms with Gasteiger partial charge in [-0.05, 0) is 61.7 Å². The summed E-state index contributed by atoms with van der Waals surface area (Å²) in [6.07, 6.45) is 3.41. The molecule has 1 saturated heterocycles. The van der Waals surface area contributed by atoms with Crippen LogP contribution in [0.1, 0.15) is 24.0 Å². The van der Waals surface area contributed by atoms with Crippen molar-refractivity contribution in [3.8, 4) is 0 Å². The molecule has 2 aliphatic heterocycles. The van der Waals surface area contributed by atoms with Gasteiger partial charge in [0.25, 0.3) is 5.91 Å². The van der Waals surface area contributed by atoms with Crippen molar-refractivity contribution in [3.05, 3.63) is 59.5 Å². The number of anilines is 3. The number of hydrogen-bond acceptors (Lipinski definition) is 4. The summed E-state index contributed by atoms with van der Waals surface area (Å²) in [7, 11) is 0. The molecule has 1 unspecified atom stereocenters. The van der Waals surface area contributed by atoms with Gasteiger partial charge < -0.3 is 21.3 Å². The molecule has 0 aliphatic carbocycles. The van der Waals surface area contributed by atoms with E-state index < -0.39 is 0 Å². The third kappa shape index (κ3) is 3.81. The first-order chi connectivity index (χ1) is 13.9. The summed E-state index contributed by atoms with van der Waals surface area (Å²) in [5.41, 5.74) is 10.1. The van der Waals surface area contributed by atoms with Crippen molar-refractivity contribution in [1.82, 2.24) is 0 Å². The summed E-state index contributed by atoms with van der Waals surface area (Å²) in [6.45, 7) is 3.55. The highest BCUT2D eigenvalue weighted by atomic mass is 19.1. The van der Waals surface area contributed by atoms with Crippen LogP contribution in [0.4, 0.5) is 21.5 Å². The van der Waals surface area contributed by atoms with Crippen molar-refractivity contribution in [2.75, 3.05) is 28.6 Å². The highest BCUT2D eigenvalue weighted by Crippen LogP contribution is 2.33. The molecule has 1 fully saturated rings. The topological polar surface area (TPSA) is 87.5 Å². The molecule has 0 aromatic heterocycles. The molecule has 0 radical (unpaired) electrons. The second kappa shape index (κ2) is 7.58. The Balaban J connectivity index is 1.51. The lowest BCUT2D eigenvalue weighted by atomic mass is 9.96. The van der Waals surface area contributed by atoms with Crippen LogP contribution in [0.3, 0.4) is 0 Å². The molecule has 1 atom stereocenters. The number of piperidine rings is 1. The van der Waals surface area contributed by atoms with Crippen LogP contribution in [-0.4, -0.2) is 24.9 Å². The van der Waals surface area contributed by atoms with Gasteiger partial charge in [-0.2, -0.15) is 0 Å². The predicted molar refractivity (Wildman–Crippen MR) is 112 cm³/mol. The molecule has 7 heteroatoms. The first-order valence-electron chi connectivity index (χ1n) is 9.65. The van der Waals surface area contributed by atoms with Crippen LogP contribution in [0.15, 0.2) is 42.6 Å². The number of fused-ring (bicyclic) bond motifs is 1. The minimum atomic E-state index is -0.388. The average molecular weight is 394 g/mol. The van der Waals surface area contributed by atoms with E-state index in [0.29, 0.717) is 23.4 Å². The lowest BCUT2D eigenvalue weighted by Crippen LogP contribution is -2.41. The van der Waals surface area contributed by atoms with Gasteiger partial charge in [-0.15, -0.1) is 0 Å². The Hall–Kier alpha value is -3.35. The molecule has 2 aliphatic rings. The van der Waals surface area contributed by atoms with Crippen molar-refractivity contribution < 1.29 is 14.0 Å². The molecular weight excluding hydrogens is 371 g/mol. The van der Waals surface area contributed by atoms with Crippen LogP contribution in [0.25, 0.3) is 5.57 Å². The number of amides is 2. The molecule has 150 valence electrons. The molecule has 0 bridgehead atoms. The Morgan fingerprint density at radius 1 is 1.31 bits per heavy atom. The van der Waals surface area contributed by atoms with Crippen molar-refractivity contribution in [1.29, 1.82) is 0 Å². The standard InChI is InChI=1S/C22H23FN4O2/c1-13-9-16(5-7-20(13)27-8-2-3-14(12-27)21(24)28)25-11-18-17-6-4-15(23)10-19(17)26-22(18)29/h4-7,9-11,14,25H,2-3,8,12H2,1H3,(H2,24,28)(H,26,29). The van der Waals surface area contributed by atoms with Crippen molar-refractivity contribution in [2.24, 2.45) is 11.7 Å². The van der Waals surface area contributed by atoms with E-state index in [2.05, 4.69) is 15.5 Å². The maximum Gasteiger partial charge on any atom is 0.257 e. The molecule has 0 spiro atoms. The predicted octanol–water partition coefficient (Wildman–Crippen LogP) is 3.24. The van der Waals surface area contributed by atoms with Crippen molar-refractivity contribution in [2.45, 2.75) is 19.8 Å². The van der Waals surface area contributed by atoms with Gasteiger partial charge in [0.15, 0.2) is 0 Å². The van der Waals surface area contributed by atoms with Crippen molar-refractivity contribution in [3.63, 3.8) is 0 Å². The van der Waals surface area contributed by atoms with Gasteiger partial charge in [0.1, 0.15) is 5.82 Å². The van der Waals surface area contributed by atoms with Gasteiger partial charge in [-0.1, -0.05) is 0 Å². The number of carbonyl (C=O) groups is 2. The Morgan fingerprint density at radius 3 is 2.90 bits per heavy atom. The second-order valence-electron chi connectivity index (χ2n) is 7.54. The van der Waals surface area contributed by atoms with E-state index in [1.807, 2.05) is 25.1 Å². The number of nitrogens with one attached hydrogen (secondary N) is 2. The van der Waals surface area contributed by atoms with Crippen LogP contribution < -0.4 is 21.3 Å². The summed E-state index contributed by atoms with van der Waals surface area (Å²) in [4.78, 5) is 25.9. The monoisotopic (exact) mass is 394 g/mol. The van der Waals surface area contributed by atoms with E-state index in [9.17, 15) is 14.0 Å². The zero-order valence-electron chi connectivity index (χ0n) is 16.2. The fourth-order valence-corrected chi connectivity index (χ4v) is 3.99. The number of hydrogen-bond donors (Lipinski definition) is 3. The maximum atomic E-state index is 13.4. The number of aryl methyl sites for hydroxylation is 1. The van der Waals surface area contributed by atoms with Gasteiger partial charge in [0, 0.05) is 36.2 Å². The van der Waals surface area contributed by atoms with E-state index in [1.54, 1.807) is 12.3 Å². The largest absolute Gasteiger partial charge is 0.371 e. The first kappa shape index (κ1) is 19.0. The van der Waals surface area contributed by atoms with Crippen LogP contribution >= 0.6 is 0 Å². The van der Waals surface area contributed by atoms with Gasteiger partial charge in [-0.25, -0.2) is 4.39 Å². The Labute approximate surface area is 168 Å². The molecule has 2 aromatic rings. The van der Waals surface area contributed by atoms with Crippen LogP contribution in [-0.2, 0) is 9.59 Å². The highest BCUT2D eigenvalue weighted by molar-refractivity contribution is 6.31. The van der Waals surface area contributed by atoms with E-state index >= 15 is 0 Å². The molecule has 6 nitrogen and oxygen atoms in total. The third-order valence-corrected chi connectivity index (χ3v) is 5.51. The summed E-state index contributed by atoms with van der Waals surface area (Å²) < 4.78 is 13.4. The van der Waals surface area contributed by atoms with Crippen LogP contribution in [0.5, 0.6) is 0 Å². The molecular formula is C22H23FN4O2.